The Balaban J connectivity index is 1.57. The van der Waals surface area contributed by atoms with Gasteiger partial charge in [-0.3, -0.25) is 9.55 Å². The molecule has 1 fully saturated rings. The van der Waals surface area contributed by atoms with Gasteiger partial charge in [0.25, 0.3) is 0 Å². The summed E-state index contributed by atoms with van der Waals surface area (Å²) in [6, 6.07) is 10.0. The number of nitrogens with zero attached hydrogens (tertiary/aromatic N) is 5. The minimum atomic E-state index is -0.720. The first kappa shape index (κ1) is 19.5. The average molecular weight is 434 g/mol. The van der Waals surface area contributed by atoms with Crippen LogP contribution in [-0.2, 0) is 4.84 Å². The molecule has 0 bridgehead atoms. The molecule has 3 aromatic rings. The predicted octanol–water partition coefficient (Wildman–Crippen LogP) is 3.25. The van der Waals surface area contributed by atoms with Crippen LogP contribution in [0.1, 0.15) is 50.4 Å². The Labute approximate surface area is 186 Å². The van der Waals surface area contributed by atoms with E-state index in [1.54, 1.807) is 0 Å². The summed E-state index contributed by atoms with van der Waals surface area (Å²) in [7, 11) is 0. The number of anilines is 1. The average Bonchev–Trinajstić information content (AvgIpc) is 3.45. The highest BCUT2D eigenvalue weighted by atomic mass is 16.6. The smallest absolute Gasteiger partial charge is 0.207 e. The number of benzene rings is 1. The molecule has 0 amide bonds. The summed E-state index contributed by atoms with van der Waals surface area (Å²) in [5, 5.41) is 14.8. The minimum Gasteiger partial charge on any atom is -0.488 e. The summed E-state index contributed by atoms with van der Waals surface area (Å²) in [5.74, 6) is 1.74. The van der Waals surface area contributed by atoms with E-state index in [9.17, 15) is 5.11 Å². The number of β-amino-alcohol motifs (C(OH)–C–C–N with tert-alkyl or cyclic N) is 1. The van der Waals surface area contributed by atoms with E-state index in [0.29, 0.717) is 19.6 Å². The monoisotopic (exact) mass is 433 g/mol. The molecule has 5 heterocycles. The SMILES string of the molecule is CC1=NOC(C)C1c1ccc2nc(N3CCC(C)(O)C3)n3c2c1OC[C@@H]3c1ccccn1. The molecular formula is C24H27N5O3. The molecule has 32 heavy (non-hydrogen) atoms. The molecule has 3 unspecified atom stereocenters. The van der Waals surface area contributed by atoms with Gasteiger partial charge in [0.2, 0.25) is 5.95 Å². The first-order valence-electron chi connectivity index (χ1n) is 11.2. The Hall–Kier alpha value is -3.13. The molecule has 1 N–H and O–H groups in total. The Kier molecular flexibility index (Phi) is 4.24. The molecule has 6 rings (SSSR count). The fraction of sp³-hybridized carbons (Fsp3) is 0.458. The summed E-state index contributed by atoms with van der Waals surface area (Å²) in [6.45, 7) is 7.69. The fourth-order valence-corrected chi connectivity index (χ4v) is 5.32. The number of hydrogen-bond acceptors (Lipinski definition) is 7. The fourth-order valence-electron chi connectivity index (χ4n) is 5.32. The van der Waals surface area contributed by atoms with Crippen LogP contribution in [0.5, 0.6) is 5.75 Å². The Morgan fingerprint density at radius 2 is 2.09 bits per heavy atom. The van der Waals surface area contributed by atoms with Crippen molar-refractivity contribution < 1.29 is 14.7 Å². The number of aromatic nitrogens is 3. The molecule has 166 valence electrons. The highest BCUT2D eigenvalue weighted by molar-refractivity contribution is 5.94. The number of imidazole rings is 1. The van der Waals surface area contributed by atoms with E-state index >= 15 is 0 Å². The summed E-state index contributed by atoms with van der Waals surface area (Å²) >= 11 is 0. The summed E-state index contributed by atoms with van der Waals surface area (Å²) < 4.78 is 8.70. The van der Waals surface area contributed by atoms with E-state index in [2.05, 4.69) is 31.7 Å². The molecule has 8 heteroatoms. The maximum absolute atomic E-state index is 10.6. The van der Waals surface area contributed by atoms with Crippen LogP contribution in [0.25, 0.3) is 11.0 Å². The van der Waals surface area contributed by atoms with Crippen molar-refractivity contribution in [2.45, 2.75) is 50.9 Å². The molecule has 0 spiro atoms. The maximum Gasteiger partial charge on any atom is 0.207 e. The molecule has 3 aliphatic rings. The van der Waals surface area contributed by atoms with Gasteiger partial charge in [-0.1, -0.05) is 17.3 Å². The van der Waals surface area contributed by atoms with E-state index in [4.69, 9.17) is 14.6 Å². The number of aliphatic hydroxyl groups is 1. The molecule has 3 aliphatic heterocycles. The van der Waals surface area contributed by atoms with Crippen molar-refractivity contribution in [3.63, 3.8) is 0 Å². The van der Waals surface area contributed by atoms with Crippen molar-refractivity contribution in [2.24, 2.45) is 5.16 Å². The molecule has 1 aromatic carbocycles. The van der Waals surface area contributed by atoms with Gasteiger partial charge in [-0.25, -0.2) is 4.98 Å². The first-order chi connectivity index (χ1) is 15.4. The van der Waals surface area contributed by atoms with Crippen LogP contribution in [0.2, 0.25) is 0 Å². The third-order valence-electron chi connectivity index (χ3n) is 6.90. The van der Waals surface area contributed by atoms with Crippen molar-refractivity contribution in [1.29, 1.82) is 0 Å². The molecular weight excluding hydrogens is 406 g/mol. The summed E-state index contributed by atoms with van der Waals surface area (Å²) in [6.07, 6.45) is 2.48. The predicted molar refractivity (Wildman–Crippen MR) is 121 cm³/mol. The van der Waals surface area contributed by atoms with Gasteiger partial charge in [-0.15, -0.1) is 0 Å². The third kappa shape index (κ3) is 2.89. The van der Waals surface area contributed by atoms with Gasteiger partial charge in [-0.05, 0) is 45.4 Å². The second kappa shape index (κ2) is 6.93. The Bertz CT molecular complexity index is 1220. The van der Waals surface area contributed by atoms with Crippen LogP contribution in [-0.4, -0.2) is 56.8 Å². The lowest BCUT2D eigenvalue weighted by atomic mass is 9.89. The van der Waals surface area contributed by atoms with Gasteiger partial charge in [0, 0.05) is 24.8 Å². The molecule has 0 aliphatic carbocycles. The zero-order valence-electron chi connectivity index (χ0n) is 18.5. The van der Waals surface area contributed by atoms with Gasteiger partial charge < -0.3 is 19.6 Å². The van der Waals surface area contributed by atoms with Crippen LogP contribution < -0.4 is 9.64 Å². The van der Waals surface area contributed by atoms with Crippen molar-refractivity contribution in [2.75, 3.05) is 24.6 Å². The molecule has 8 nitrogen and oxygen atoms in total. The van der Waals surface area contributed by atoms with Gasteiger partial charge in [0.05, 0.1) is 28.4 Å². The topological polar surface area (TPSA) is 85.0 Å². The van der Waals surface area contributed by atoms with E-state index in [1.165, 1.54) is 0 Å². The second-order valence-corrected chi connectivity index (χ2v) is 9.40. The number of hydrogen-bond donors (Lipinski definition) is 1. The lowest BCUT2D eigenvalue weighted by Gasteiger charge is -2.31. The molecule has 1 saturated heterocycles. The van der Waals surface area contributed by atoms with Gasteiger partial charge in [-0.2, -0.15) is 0 Å². The van der Waals surface area contributed by atoms with Crippen LogP contribution in [0.3, 0.4) is 0 Å². The Morgan fingerprint density at radius 1 is 1.22 bits per heavy atom. The maximum atomic E-state index is 10.6. The van der Waals surface area contributed by atoms with Crippen molar-refractivity contribution >= 4 is 22.7 Å². The number of pyridine rings is 1. The number of oxime groups is 1. The molecule has 0 radical (unpaired) electrons. The lowest BCUT2D eigenvalue weighted by molar-refractivity contribution is 0.0837. The van der Waals surface area contributed by atoms with Crippen LogP contribution in [0.4, 0.5) is 5.95 Å². The Morgan fingerprint density at radius 3 is 2.78 bits per heavy atom. The van der Waals surface area contributed by atoms with Crippen molar-refractivity contribution in [3.05, 3.63) is 47.8 Å². The van der Waals surface area contributed by atoms with E-state index < -0.39 is 5.60 Å². The zero-order chi connectivity index (χ0) is 22.0. The molecule has 4 atom stereocenters. The molecule has 2 aromatic heterocycles. The third-order valence-corrected chi connectivity index (χ3v) is 6.90. The number of ether oxygens (including phenoxy) is 1. The first-order valence-corrected chi connectivity index (χ1v) is 11.2. The largest absolute Gasteiger partial charge is 0.488 e. The molecule has 0 saturated carbocycles. The summed E-state index contributed by atoms with van der Waals surface area (Å²) in [4.78, 5) is 17.4. The van der Waals surface area contributed by atoms with E-state index in [0.717, 1.165) is 46.2 Å². The van der Waals surface area contributed by atoms with Crippen molar-refractivity contribution in [1.82, 2.24) is 14.5 Å². The van der Waals surface area contributed by atoms with Crippen LogP contribution >= 0.6 is 0 Å². The highest BCUT2D eigenvalue weighted by Crippen LogP contribution is 2.45. The second-order valence-electron chi connectivity index (χ2n) is 9.40. The van der Waals surface area contributed by atoms with Gasteiger partial charge in [0.15, 0.2) is 0 Å². The summed E-state index contributed by atoms with van der Waals surface area (Å²) in [5.41, 5.74) is 4.09. The minimum absolute atomic E-state index is 0.0418. The highest BCUT2D eigenvalue weighted by Gasteiger charge is 2.40. The van der Waals surface area contributed by atoms with Crippen LogP contribution in [0.15, 0.2) is 41.7 Å². The zero-order valence-corrected chi connectivity index (χ0v) is 18.5. The quantitative estimate of drug-likeness (QED) is 0.683. The lowest BCUT2D eigenvalue weighted by Crippen LogP contribution is -2.33. The number of rotatable bonds is 3. The standard InChI is InChI=1S/C24H27N5O3/c1-14-20(15(2)32-27-14)16-7-8-18-21-22(16)31-12-19(17-6-4-5-10-25-17)29(21)23(26-18)28-11-9-24(3,30)13-28/h4-8,10,15,19-20,30H,9,11-13H2,1-3H3/t15?,19-,20?,24?/m1/s1. The van der Waals surface area contributed by atoms with E-state index in [1.807, 2.05) is 45.2 Å². The van der Waals surface area contributed by atoms with Gasteiger partial charge in [0.1, 0.15) is 30.0 Å². The van der Waals surface area contributed by atoms with Gasteiger partial charge >= 0.3 is 0 Å². The normalized spacial score (nSPS) is 29.2. The van der Waals surface area contributed by atoms with E-state index in [-0.39, 0.29) is 18.1 Å². The van der Waals surface area contributed by atoms with Crippen LogP contribution in [0, 0.1) is 0 Å². The van der Waals surface area contributed by atoms with Crippen molar-refractivity contribution in [3.8, 4) is 5.75 Å².